The van der Waals surface area contributed by atoms with E-state index >= 15 is 0 Å². The summed E-state index contributed by atoms with van der Waals surface area (Å²) >= 11 is 0. The van der Waals surface area contributed by atoms with E-state index in [0.717, 1.165) is 5.92 Å². The summed E-state index contributed by atoms with van der Waals surface area (Å²) in [6.07, 6.45) is 5.89. The maximum Gasteiger partial charge on any atom is 0.219 e. The number of hydrogen-bond acceptors (Lipinski definition) is 1. The van der Waals surface area contributed by atoms with Gasteiger partial charge in [-0.3, -0.25) is 4.79 Å². The SMILES string of the molecule is CCC(=O)N[C@H](C)C1CCCC1. The van der Waals surface area contributed by atoms with Crippen molar-refractivity contribution in [3.05, 3.63) is 0 Å². The molecule has 0 aromatic carbocycles. The minimum atomic E-state index is 0.189. The monoisotopic (exact) mass is 169 g/mol. The van der Waals surface area contributed by atoms with Crippen molar-refractivity contribution in [3.8, 4) is 0 Å². The number of amides is 1. The molecule has 1 N–H and O–H groups in total. The van der Waals surface area contributed by atoms with Gasteiger partial charge in [-0.25, -0.2) is 0 Å². The molecule has 1 atom stereocenters. The van der Waals surface area contributed by atoms with E-state index in [1.165, 1.54) is 25.7 Å². The normalized spacial score (nSPS) is 20.8. The molecule has 0 bridgehead atoms. The second kappa shape index (κ2) is 4.48. The molecule has 0 aromatic heterocycles. The molecule has 2 nitrogen and oxygen atoms in total. The molecule has 70 valence electrons. The van der Waals surface area contributed by atoms with Gasteiger partial charge in [0.15, 0.2) is 0 Å². The predicted octanol–water partition coefficient (Wildman–Crippen LogP) is 2.09. The quantitative estimate of drug-likeness (QED) is 0.688. The lowest BCUT2D eigenvalue weighted by Gasteiger charge is -2.19. The van der Waals surface area contributed by atoms with Crippen molar-refractivity contribution in [2.24, 2.45) is 5.92 Å². The molecule has 0 radical (unpaired) electrons. The van der Waals surface area contributed by atoms with Gasteiger partial charge in [0, 0.05) is 12.5 Å². The maximum atomic E-state index is 11.1. The van der Waals surface area contributed by atoms with Crippen LogP contribution in [0.3, 0.4) is 0 Å². The average molecular weight is 169 g/mol. The topological polar surface area (TPSA) is 29.1 Å². The van der Waals surface area contributed by atoms with E-state index < -0.39 is 0 Å². The first-order chi connectivity index (χ1) is 5.74. The van der Waals surface area contributed by atoms with Crippen LogP contribution in [0.25, 0.3) is 0 Å². The number of nitrogens with one attached hydrogen (secondary N) is 1. The molecular formula is C10H19NO. The number of hydrogen-bond donors (Lipinski definition) is 1. The van der Waals surface area contributed by atoms with Crippen LogP contribution in [-0.4, -0.2) is 11.9 Å². The van der Waals surface area contributed by atoms with Crippen molar-refractivity contribution in [1.82, 2.24) is 5.32 Å². The van der Waals surface area contributed by atoms with Crippen molar-refractivity contribution in [2.45, 2.75) is 52.0 Å². The van der Waals surface area contributed by atoms with Crippen molar-refractivity contribution < 1.29 is 4.79 Å². The van der Waals surface area contributed by atoms with Gasteiger partial charge in [0.1, 0.15) is 0 Å². The van der Waals surface area contributed by atoms with Crippen LogP contribution >= 0.6 is 0 Å². The van der Waals surface area contributed by atoms with Crippen molar-refractivity contribution in [3.63, 3.8) is 0 Å². The van der Waals surface area contributed by atoms with Crippen LogP contribution in [0.15, 0.2) is 0 Å². The number of carbonyl (C=O) groups excluding carboxylic acids is 1. The molecular weight excluding hydrogens is 150 g/mol. The Bertz CT molecular complexity index is 150. The minimum absolute atomic E-state index is 0.189. The summed E-state index contributed by atoms with van der Waals surface area (Å²) in [5.41, 5.74) is 0. The van der Waals surface area contributed by atoms with E-state index in [1.54, 1.807) is 0 Å². The summed E-state index contributed by atoms with van der Waals surface area (Å²) < 4.78 is 0. The Morgan fingerprint density at radius 2 is 2.08 bits per heavy atom. The molecule has 1 rings (SSSR count). The zero-order chi connectivity index (χ0) is 8.97. The molecule has 12 heavy (non-hydrogen) atoms. The largest absolute Gasteiger partial charge is 0.353 e. The predicted molar refractivity (Wildman–Crippen MR) is 49.9 cm³/mol. The van der Waals surface area contributed by atoms with Gasteiger partial charge in [0.05, 0.1) is 0 Å². The molecule has 0 unspecified atom stereocenters. The molecule has 1 aliphatic carbocycles. The highest BCUT2D eigenvalue weighted by atomic mass is 16.1. The summed E-state index contributed by atoms with van der Waals surface area (Å²) in [6.45, 7) is 4.03. The van der Waals surface area contributed by atoms with E-state index in [4.69, 9.17) is 0 Å². The van der Waals surface area contributed by atoms with E-state index in [9.17, 15) is 4.79 Å². The van der Waals surface area contributed by atoms with Gasteiger partial charge in [-0.2, -0.15) is 0 Å². The van der Waals surface area contributed by atoms with E-state index in [2.05, 4.69) is 12.2 Å². The van der Waals surface area contributed by atoms with Crippen molar-refractivity contribution in [1.29, 1.82) is 0 Å². The fraction of sp³-hybridized carbons (Fsp3) is 0.900. The first-order valence-corrected chi connectivity index (χ1v) is 5.03. The first kappa shape index (κ1) is 9.56. The van der Waals surface area contributed by atoms with Crippen LogP contribution < -0.4 is 5.32 Å². The Balaban J connectivity index is 2.26. The molecule has 2 heteroatoms. The Kier molecular flexibility index (Phi) is 3.57. The molecule has 1 aliphatic rings. The summed E-state index contributed by atoms with van der Waals surface area (Å²) in [7, 11) is 0. The highest BCUT2D eigenvalue weighted by Crippen LogP contribution is 2.27. The molecule has 0 saturated heterocycles. The average Bonchev–Trinajstić information content (AvgIpc) is 2.56. The van der Waals surface area contributed by atoms with Crippen LogP contribution in [0.2, 0.25) is 0 Å². The Morgan fingerprint density at radius 3 is 2.58 bits per heavy atom. The molecule has 1 amide bonds. The molecule has 1 fully saturated rings. The summed E-state index contributed by atoms with van der Waals surface area (Å²) in [5.74, 6) is 0.926. The third-order valence-electron chi connectivity index (χ3n) is 2.82. The first-order valence-electron chi connectivity index (χ1n) is 5.03. The van der Waals surface area contributed by atoms with Gasteiger partial charge in [-0.1, -0.05) is 19.8 Å². The fourth-order valence-electron chi connectivity index (χ4n) is 1.93. The van der Waals surface area contributed by atoms with Crippen molar-refractivity contribution >= 4 is 5.91 Å². The van der Waals surface area contributed by atoms with Gasteiger partial charge < -0.3 is 5.32 Å². The molecule has 0 spiro atoms. The Labute approximate surface area is 74.7 Å². The van der Waals surface area contributed by atoms with Crippen molar-refractivity contribution in [2.75, 3.05) is 0 Å². The zero-order valence-electron chi connectivity index (χ0n) is 8.10. The van der Waals surface area contributed by atoms with Gasteiger partial charge in [0.25, 0.3) is 0 Å². The van der Waals surface area contributed by atoms with Crippen LogP contribution in [0, 0.1) is 5.92 Å². The summed E-state index contributed by atoms with van der Waals surface area (Å²) in [4.78, 5) is 11.1. The van der Waals surface area contributed by atoms with Crippen LogP contribution in [0.4, 0.5) is 0 Å². The van der Waals surface area contributed by atoms with Crippen LogP contribution in [0.5, 0.6) is 0 Å². The summed E-state index contributed by atoms with van der Waals surface area (Å²) in [6, 6.07) is 0.389. The number of rotatable bonds is 3. The second-order valence-corrected chi connectivity index (χ2v) is 3.75. The molecule has 0 aromatic rings. The fourth-order valence-corrected chi connectivity index (χ4v) is 1.93. The van der Waals surface area contributed by atoms with Crippen LogP contribution in [-0.2, 0) is 4.79 Å². The Morgan fingerprint density at radius 1 is 1.50 bits per heavy atom. The highest BCUT2D eigenvalue weighted by Gasteiger charge is 2.21. The molecule has 0 aliphatic heterocycles. The van der Waals surface area contributed by atoms with E-state index in [0.29, 0.717) is 12.5 Å². The highest BCUT2D eigenvalue weighted by molar-refractivity contribution is 5.75. The summed E-state index contributed by atoms with van der Waals surface area (Å²) in [5, 5.41) is 3.03. The van der Waals surface area contributed by atoms with Gasteiger partial charge in [0.2, 0.25) is 5.91 Å². The number of carbonyl (C=O) groups is 1. The standard InChI is InChI=1S/C10H19NO/c1-3-10(12)11-8(2)9-6-4-5-7-9/h8-9H,3-7H2,1-2H3,(H,11,12)/t8-/m1/s1. The lowest BCUT2D eigenvalue weighted by molar-refractivity contribution is -0.121. The third-order valence-corrected chi connectivity index (χ3v) is 2.82. The third kappa shape index (κ3) is 2.50. The van der Waals surface area contributed by atoms with E-state index in [-0.39, 0.29) is 5.91 Å². The van der Waals surface area contributed by atoms with Gasteiger partial charge in [-0.15, -0.1) is 0 Å². The molecule has 1 saturated carbocycles. The molecule has 0 heterocycles. The van der Waals surface area contributed by atoms with E-state index in [1.807, 2.05) is 6.92 Å². The minimum Gasteiger partial charge on any atom is -0.353 e. The van der Waals surface area contributed by atoms with Gasteiger partial charge >= 0.3 is 0 Å². The lowest BCUT2D eigenvalue weighted by atomic mass is 10.00. The zero-order valence-corrected chi connectivity index (χ0v) is 8.10. The Hall–Kier alpha value is -0.530. The van der Waals surface area contributed by atoms with Gasteiger partial charge in [-0.05, 0) is 25.7 Å². The smallest absolute Gasteiger partial charge is 0.219 e. The van der Waals surface area contributed by atoms with Crippen LogP contribution in [0.1, 0.15) is 46.0 Å². The second-order valence-electron chi connectivity index (χ2n) is 3.75. The maximum absolute atomic E-state index is 11.1. The lowest BCUT2D eigenvalue weighted by Crippen LogP contribution is -2.36.